The molecule has 1 heterocycles. The minimum atomic E-state index is -1.12. The summed E-state index contributed by atoms with van der Waals surface area (Å²) in [6, 6.07) is 5.70. The van der Waals surface area contributed by atoms with Crippen LogP contribution in [0.4, 0.5) is 0 Å². The average molecular weight is 465 g/mol. The maximum absolute atomic E-state index is 13.0. The number of hydrogen-bond acceptors (Lipinski definition) is 6. The fraction of sp³-hybridized carbons (Fsp3) is 0.545. The van der Waals surface area contributed by atoms with Gasteiger partial charge in [0.2, 0.25) is 17.7 Å². The molecule has 0 bridgehead atoms. The molecule has 9 nitrogen and oxygen atoms in total. The number of carbonyl (C=O) groups excluding carboxylic acids is 3. The Kier molecular flexibility index (Phi) is 9.98. The van der Waals surface area contributed by atoms with E-state index in [1.807, 2.05) is 36.6 Å². The van der Waals surface area contributed by atoms with E-state index in [9.17, 15) is 24.3 Å². The molecule has 1 aromatic carbocycles. The van der Waals surface area contributed by atoms with Gasteiger partial charge in [-0.2, -0.15) is 11.8 Å². The monoisotopic (exact) mass is 464 g/mol. The van der Waals surface area contributed by atoms with Gasteiger partial charge >= 0.3 is 5.97 Å². The van der Waals surface area contributed by atoms with E-state index in [0.29, 0.717) is 25.1 Å². The highest BCUT2D eigenvalue weighted by Crippen LogP contribution is 2.19. The van der Waals surface area contributed by atoms with Gasteiger partial charge in [0.1, 0.15) is 18.1 Å². The highest BCUT2D eigenvalue weighted by atomic mass is 32.2. The average Bonchev–Trinajstić information content (AvgIpc) is 3.25. The van der Waals surface area contributed by atoms with Gasteiger partial charge in [0.05, 0.1) is 6.04 Å². The molecule has 2 rings (SSSR count). The number of nitrogens with one attached hydrogen (secondary N) is 2. The van der Waals surface area contributed by atoms with E-state index in [-0.39, 0.29) is 18.7 Å². The van der Waals surface area contributed by atoms with Crippen LogP contribution < -0.4 is 16.4 Å². The van der Waals surface area contributed by atoms with E-state index >= 15 is 0 Å². The summed E-state index contributed by atoms with van der Waals surface area (Å²) in [6.07, 6.45) is 3.47. The van der Waals surface area contributed by atoms with Crippen LogP contribution in [0, 0.1) is 0 Å². The highest BCUT2D eigenvalue weighted by Gasteiger charge is 2.37. The van der Waals surface area contributed by atoms with E-state index < -0.39 is 42.0 Å². The van der Waals surface area contributed by atoms with Crippen molar-refractivity contribution in [2.45, 2.75) is 56.8 Å². The second kappa shape index (κ2) is 12.4. The number of nitrogens with two attached hydrogens (primary N) is 1. The molecular weight excluding hydrogens is 432 g/mol. The summed E-state index contributed by atoms with van der Waals surface area (Å²) in [6.45, 7) is 2.01. The summed E-state index contributed by atoms with van der Waals surface area (Å²) >= 11 is 1.49. The SMILES string of the molecule is CSCCC(NC(=O)C(Cc1ccccc1)NC(=O)C1CCCN1C(=O)C(C)N)C(=O)O. The fourth-order valence-corrected chi connectivity index (χ4v) is 4.13. The lowest BCUT2D eigenvalue weighted by Crippen LogP contribution is -2.57. The first-order valence-electron chi connectivity index (χ1n) is 10.7. The number of rotatable bonds is 11. The third-order valence-electron chi connectivity index (χ3n) is 5.37. The number of amides is 3. The van der Waals surface area contributed by atoms with Crippen molar-refractivity contribution in [2.24, 2.45) is 5.73 Å². The number of carboxylic acids is 1. The van der Waals surface area contributed by atoms with Crippen molar-refractivity contribution in [3.8, 4) is 0 Å². The quantitative estimate of drug-likeness (QED) is 0.371. The van der Waals surface area contributed by atoms with Gasteiger partial charge in [-0.05, 0) is 43.8 Å². The van der Waals surface area contributed by atoms with Gasteiger partial charge in [0.15, 0.2) is 0 Å². The first-order valence-corrected chi connectivity index (χ1v) is 12.1. The lowest BCUT2D eigenvalue weighted by Gasteiger charge is -2.28. The van der Waals surface area contributed by atoms with Crippen LogP contribution in [0.15, 0.2) is 30.3 Å². The van der Waals surface area contributed by atoms with Crippen LogP contribution >= 0.6 is 11.8 Å². The standard InChI is InChI=1S/C22H32N4O5S/c1-14(23)21(29)26-11-6-9-18(26)20(28)25-17(13-15-7-4-3-5-8-15)19(27)24-16(22(30)31)10-12-32-2/h3-5,7-8,14,16-18H,6,9-13,23H2,1-2H3,(H,24,27)(H,25,28)(H,30,31). The molecule has 0 radical (unpaired) electrons. The van der Waals surface area contributed by atoms with Gasteiger partial charge < -0.3 is 26.4 Å². The Morgan fingerprint density at radius 2 is 1.88 bits per heavy atom. The molecule has 0 spiro atoms. The van der Waals surface area contributed by atoms with Crippen LogP contribution in [0.1, 0.15) is 31.7 Å². The van der Waals surface area contributed by atoms with E-state index in [4.69, 9.17) is 5.73 Å². The number of hydrogen-bond donors (Lipinski definition) is 4. The van der Waals surface area contributed by atoms with Crippen LogP contribution in [0.3, 0.4) is 0 Å². The second-order valence-corrected chi connectivity index (χ2v) is 8.90. The molecular formula is C22H32N4O5S. The van der Waals surface area contributed by atoms with Gasteiger partial charge in [0.25, 0.3) is 0 Å². The first kappa shape index (κ1) is 25.7. The van der Waals surface area contributed by atoms with Crippen LogP contribution in [0.5, 0.6) is 0 Å². The zero-order valence-electron chi connectivity index (χ0n) is 18.5. The Morgan fingerprint density at radius 3 is 2.47 bits per heavy atom. The summed E-state index contributed by atoms with van der Waals surface area (Å²) in [5.74, 6) is -1.87. The molecule has 4 atom stereocenters. The number of likely N-dealkylation sites (tertiary alicyclic amines) is 1. The zero-order valence-corrected chi connectivity index (χ0v) is 19.3. The number of benzene rings is 1. The number of carboxylic acid groups (broad SMARTS) is 1. The molecule has 1 saturated heterocycles. The van der Waals surface area contributed by atoms with Crippen molar-refractivity contribution >= 4 is 35.5 Å². The summed E-state index contributed by atoms with van der Waals surface area (Å²) in [7, 11) is 0. The van der Waals surface area contributed by atoms with Gasteiger partial charge in [-0.3, -0.25) is 14.4 Å². The number of thioether (sulfide) groups is 1. The third kappa shape index (κ3) is 7.23. The Labute approximate surface area is 192 Å². The van der Waals surface area contributed by atoms with Gasteiger partial charge in [-0.15, -0.1) is 0 Å². The molecule has 1 aromatic rings. The van der Waals surface area contributed by atoms with Gasteiger partial charge in [0, 0.05) is 13.0 Å². The highest BCUT2D eigenvalue weighted by molar-refractivity contribution is 7.98. The molecule has 3 amide bonds. The molecule has 0 aromatic heterocycles. The lowest BCUT2D eigenvalue weighted by atomic mass is 10.0. The molecule has 10 heteroatoms. The van der Waals surface area contributed by atoms with Gasteiger partial charge in [-0.25, -0.2) is 4.79 Å². The minimum Gasteiger partial charge on any atom is -0.480 e. The normalized spacial score (nSPS) is 18.5. The van der Waals surface area contributed by atoms with E-state index in [0.717, 1.165) is 5.56 Å². The Bertz CT molecular complexity index is 805. The molecule has 4 unspecified atom stereocenters. The van der Waals surface area contributed by atoms with Gasteiger partial charge in [-0.1, -0.05) is 30.3 Å². The summed E-state index contributed by atoms with van der Waals surface area (Å²) in [5, 5.41) is 14.8. The molecule has 176 valence electrons. The third-order valence-corrected chi connectivity index (χ3v) is 6.01. The van der Waals surface area contributed by atoms with Crippen LogP contribution in [0.25, 0.3) is 0 Å². The zero-order chi connectivity index (χ0) is 23.7. The smallest absolute Gasteiger partial charge is 0.326 e. The summed E-state index contributed by atoms with van der Waals surface area (Å²) in [4.78, 5) is 51.4. The van der Waals surface area contributed by atoms with E-state index in [1.54, 1.807) is 6.92 Å². The predicted octanol–water partition coefficient (Wildman–Crippen LogP) is 0.375. The van der Waals surface area contributed by atoms with E-state index in [1.165, 1.54) is 16.7 Å². The number of carbonyl (C=O) groups is 4. The van der Waals surface area contributed by atoms with Crippen LogP contribution in [-0.4, -0.2) is 76.4 Å². The van der Waals surface area contributed by atoms with Crippen molar-refractivity contribution in [3.63, 3.8) is 0 Å². The first-order chi connectivity index (χ1) is 15.2. The molecule has 1 fully saturated rings. The second-order valence-electron chi connectivity index (χ2n) is 7.91. The Morgan fingerprint density at radius 1 is 1.19 bits per heavy atom. The van der Waals surface area contributed by atoms with Crippen molar-refractivity contribution in [3.05, 3.63) is 35.9 Å². The molecule has 0 saturated carbocycles. The molecule has 1 aliphatic rings. The van der Waals surface area contributed by atoms with Crippen molar-refractivity contribution in [1.29, 1.82) is 0 Å². The largest absolute Gasteiger partial charge is 0.480 e. The predicted molar refractivity (Wildman–Crippen MR) is 123 cm³/mol. The summed E-state index contributed by atoms with van der Waals surface area (Å²) < 4.78 is 0. The summed E-state index contributed by atoms with van der Waals surface area (Å²) in [5.41, 5.74) is 6.53. The van der Waals surface area contributed by atoms with Crippen molar-refractivity contribution in [2.75, 3.05) is 18.6 Å². The minimum absolute atomic E-state index is 0.196. The molecule has 0 aliphatic carbocycles. The topological polar surface area (TPSA) is 142 Å². The molecule has 1 aliphatic heterocycles. The van der Waals surface area contributed by atoms with E-state index in [2.05, 4.69) is 10.6 Å². The van der Waals surface area contributed by atoms with Crippen LogP contribution in [0.2, 0.25) is 0 Å². The molecule has 5 N–H and O–H groups in total. The fourth-order valence-electron chi connectivity index (χ4n) is 3.66. The maximum Gasteiger partial charge on any atom is 0.326 e. The Hall–Kier alpha value is -2.59. The maximum atomic E-state index is 13.0. The van der Waals surface area contributed by atoms with Crippen LogP contribution in [-0.2, 0) is 25.6 Å². The Balaban J connectivity index is 2.17. The number of nitrogens with zero attached hydrogens (tertiary/aromatic N) is 1. The number of aliphatic carboxylic acids is 1. The van der Waals surface area contributed by atoms with Crippen molar-refractivity contribution in [1.82, 2.24) is 15.5 Å². The van der Waals surface area contributed by atoms with Crippen molar-refractivity contribution < 1.29 is 24.3 Å². The molecule has 32 heavy (non-hydrogen) atoms. The lowest BCUT2D eigenvalue weighted by molar-refractivity contribution is -0.143.